The van der Waals surface area contributed by atoms with E-state index >= 15 is 0 Å². The van der Waals surface area contributed by atoms with Gasteiger partial charge in [0.1, 0.15) is 5.82 Å². The van der Waals surface area contributed by atoms with Crippen molar-refractivity contribution in [3.05, 3.63) is 29.8 Å². The molecule has 2 N–H and O–H groups in total. The van der Waals surface area contributed by atoms with Gasteiger partial charge in [0.05, 0.1) is 0 Å². The van der Waals surface area contributed by atoms with Crippen molar-refractivity contribution in [2.45, 2.75) is 31.8 Å². The molecule has 1 aliphatic heterocycles. The number of ether oxygens (including phenoxy) is 1. The second-order valence-electron chi connectivity index (χ2n) is 5.01. The second kappa shape index (κ2) is 6.65. The van der Waals surface area contributed by atoms with Crippen molar-refractivity contribution in [3.63, 3.8) is 0 Å². The summed E-state index contributed by atoms with van der Waals surface area (Å²) in [6.07, 6.45) is 1.72. The Hall–Kier alpha value is -1.69. The molecule has 0 aliphatic carbocycles. The summed E-state index contributed by atoms with van der Waals surface area (Å²) in [4.78, 5) is 11.7. The maximum absolute atomic E-state index is 13.3. The van der Waals surface area contributed by atoms with Gasteiger partial charge in [-0.2, -0.15) is 0 Å². The van der Waals surface area contributed by atoms with Crippen LogP contribution in [0.2, 0.25) is 0 Å². The van der Waals surface area contributed by atoms with E-state index in [4.69, 9.17) is 4.74 Å². The first-order chi connectivity index (χ1) is 9.54. The van der Waals surface area contributed by atoms with Crippen LogP contribution in [0.1, 0.15) is 19.8 Å². The van der Waals surface area contributed by atoms with Gasteiger partial charge in [-0.15, -0.1) is 0 Å². The van der Waals surface area contributed by atoms with Gasteiger partial charge in [0.25, 0.3) is 5.91 Å². The Kier molecular flexibility index (Phi) is 4.89. The second-order valence-corrected chi connectivity index (χ2v) is 5.01. The molecule has 0 spiro atoms. The Labute approximate surface area is 116 Å². The molecule has 1 heterocycles. The quantitative estimate of drug-likeness (QED) is 0.883. The monoisotopic (exact) mass is 284 g/mol. The summed E-state index contributed by atoms with van der Waals surface area (Å²) in [6.45, 7) is 2.64. The van der Waals surface area contributed by atoms with Gasteiger partial charge >= 0.3 is 0 Å². The number of benzene rings is 1. The molecular formula is C14H18F2N2O2. The van der Waals surface area contributed by atoms with Crippen LogP contribution in [-0.4, -0.2) is 31.1 Å². The topological polar surface area (TPSA) is 50.4 Å². The molecule has 6 heteroatoms. The highest BCUT2D eigenvalue weighted by Crippen LogP contribution is 2.17. The summed E-state index contributed by atoms with van der Waals surface area (Å²) in [5.41, 5.74) is 0. The van der Waals surface area contributed by atoms with Gasteiger partial charge in [0.15, 0.2) is 18.2 Å². The van der Waals surface area contributed by atoms with E-state index in [2.05, 4.69) is 17.6 Å². The predicted octanol–water partition coefficient (Wildman–Crippen LogP) is 1.60. The fourth-order valence-electron chi connectivity index (χ4n) is 2.27. The summed E-state index contributed by atoms with van der Waals surface area (Å²) >= 11 is 0. The Morgan fingerprint density at radius 3 is 3.00 bits per heavy atom. The summed E-state index contributed by atoms with van der Waals surface area (Å²) < 4.78 is 31.1. The third kappa shape index (κ3) is 4.16. The van der Waals surface area contributed by atoms with E-state index in [1.54, 1.807) is 0 Å². The minimum Gasteiger partial charge on any atom is -0.481 e. The van der Waals surface area contributed by atoms with Crippen LogP contribution in [-0.2, 0) is 4.79 Å². The molecule has 0 saturated carbocycles. The molecule has 0 aromatic heterocycles. The highest BCUT2D eigenvalue weighted by Gasteiger charge is 2.20. The van der Waals surface area contributed by atoms with Crippen molar-refractivity contribution in [1.82, 2.24) is 10.6 Å². The van der Waals surface area contributed by atoms with Crippen LogP contribution in [0, 0.1) is 11.6 Å². The van der Waals surface area contributed by atoms with Crippen molar-refractivity contribution in [2.24, 2.45) is 0 Å². The zero-order valence-corrected chi connectivity index (χ0v) is 11.3. The number of hydrogen-bond acceptors (Lipinski definition) is 3. The maximum Gasteiger partial charge on any atom is 0.258 e. The number of rotatable bonds is 4. The lowest BCUT2D eigenvalue weighted by Crippen LogP contribution is -2.47. The molecule has 0 radical (unpaired) electrons. The first kappa shape index (κ1) is 14.7. The smallest absolute Gasteiger partial charge is 0.258 e. The highest BCUT2D eigenvalue weighted by molar-refractivity contribution is 5.77. The molecule has 1 amide bonds. The van der Waals surface area contributed by atoms with Crippen molar-refractivity contribution in [3.8, 4) is 5.75 Å². The molecule has 1 aromatic rings. The molecule has 110 valence electrons. The summed E-state index contributed by atoms with van der Waals surface area (Å²) in [7, 11) is 0. The van der Waals surface area contributed by atoms with Gasteiger partial charge in [0, 0.05) is 18.2 Å². The van der Waals surface area contributed by atoms with Gasteiger partial charge in [-0.3, -0.25) is 4.79 Å². The Bertz CT molecular complexity index is 482. The average molecular weight is 284 g/mol. The number of halogens is 2. The third-order valence-corrected chi connectivity index (χ3v) is 3.24. The van der Waals surface area contributed by atoms with Crippen LogP contribution in [0.25, 0.3) is 0 Å². The standard InChI is InChI=1S/C14H18F2N2O2/c1-9-6-11(4-5-17-9)18-14(19)8-20-13-3-2-10(15)7-12(13)16/h2-3,7,9,11,17H,4-6,8H2,1H3,(H,18,19). The number of piperidine rings is 1. The lowest BCUT2D eigenvalue weighted by atomic mass is 10.0. The molecule has 1 aromatic carbocycles. The molecular weight excluding hydrogens is 266 g/mol. The van der Waals surface area contributed by atoms with Crippen LogP contribution in [0.3, 0.4) is 0 Å². The van der Waals surface area contributed by atoms with E-state index in [9.17, 15) is 13.6 Å². The predicted molar refractivity (Wildman–Crippen MR) is 70.5 cm³/mol. The van der Waals surface area contributed by atoms with Crippen LogP contribution in [0.15, 0.2) is 18.2 Å². The molecule has 2 atom stereocenters. The Morgan fingerprint density at radius 2 is 2.30 bits per heavy atom. The Balaban J connectivity index is 1.80. The number of carbonyl (C=O) groups excluding carboxylic acids is 1. The summed E-state index contributed by atoms with van der Waals surface area (Å²) in [5.74, 6) is -1.91. The first-order valence-electron chi connectivity index (χ1n) is 6.65. The van der Waals surface area contributed by atoms with E-state index < -0.39 is 11.6 Å². The lowest BCUT2D eigenvalue weighted by molar-refractivity contribution is -0.124. The van der Waals surface area contributed by atoms with Crippen molar-refractivity contribution in [2.75, 3.05) is 13.2 Å². The number of amides is 1. The van der Waals surface area contributed by atoms with Gasteiger partial charge in [-0.05, 0) is 38.4 Å². The van der Waals surface area contributed by atoms with E-state index in [1.807, 2.05) is 0 Å². The minimum absolute atomic E-state index is 0.111. The SMILES string of the molecule is CC1CC(NC(=O)COc2ccc(F)cc2F)CCN1. The van der Waals surface area contributed by atoms with E-state index in [1.165, 1.54) is 6.07 Å². The van der Waals surface area contributed by atoms with Crippen LogP contribution in [0.5, 0.6) is 5.75 Å². The van der Waals surface area contributed by atoms with Crippen LogP contribution >= 0.6 is 0 Å². The molecule has 1 saturated heterocycles. The Morgan fingerprint density at radius 1 is 1.50 bits per heavy atom. The number of hydrogen-bond donors (Lipinski definition) is 2. The maximum atomic E-state index is 13.3. The lowest BCUT2D eigenvalue weighted by Gasteiger charge is -2.28. The highest BCUT2D eigenvalue weighted by atomic mass is 19.1. The van der Waals surface area contributed by atoms with Crippen molar-refractivity contribution in [1.29, 1.82) is 0 Å². The molecule has 1 aliphatic rings. The molecule has 20 heavy (non-hydrogen) atoms. The van der Waals surface area contributed by atoms with Crippen molar-refractivity contribution >= 4 is 5.91 Å². The third-order valence-electron chi connectivity index (χ3n) is 3.24. The van der Waals surface area contributed by atoms with E-state index in [0.29, 0.717) is 6.04 Å². The van der Waals surface area contributed by atoms with Gasteiger partial charge in [0.2, 0.25) is 0 Å². The number of carbonyl (C=O) groups is 1. The van der Waals surface area contributed by atoms with Gasteiger partial charge < -0.3 is 15.4 Å². The molecule has 2 unspecified atom stereocenters. The number of nitrogens with one attached hydrogen (secondary N) is 2. The summed E-state index contributed by atoms with van der Waals surface area (Å²) in [6, 6.07) is 3.46. The average Bonchev–Trinajstić information content (AvgIpc) is 2.37. The summed E-state index contributed by atoms with van der Waals surface area (Å²) in [5, 5.41) is 6.14. The van der Waals surface area contributed by atoms with Crippen LogP contribution in [0.4, 0.5) is 8.78 Å². The van der Waals surface area contributed by atoms with Crippen LogP contribution < -0.4 is 15.4 Å². The van der Waals surface area contributed by atoms with Crippen molar-refractivity contribution < 1.29 is 18.3 Å². The fraction of sp³-hybridized carbons (Fsp3) is 0.500. The molecule has 1 fully saturated rings. The zero-order chi connectivity index (χ0) is 14.5. The molecule has 0 bridgehead atoms. The first-order valence-corrected chi connectivity index (χ1v) is 6.65. The van der Waals surface area contributed by atoms with Gasteiger partial charge in [-0.1, -0.05) is 0 Å². The van der Waals surface area contributed by atoms with E-state index in [-0.39, 0.29) is 24.3 Å². The largest absolute Gasteiger partial charge is 0.481 e. The van der Waals surface area contributed by atoms with Gasteiger partial charge in [-0.25, -0.2) is 8.78 Å². The normalized spacial score (nSPS) is 22.4. The molecule has 4 nitrogen and oxygen atoms in total. The zero-order valence-electron chi connectivity index (χ0n) is 11.3. The minimum atomic E-state index is -0.812. The fourth-order valence-corrected chi connectivity index (χ4v) is 2.27. The van der Waals surface area contributed by atoms with E-state index in [0.717, 1.165) is 31.5 Å². The molecule has 2 rings (SSSR count).